The van der Waals surface area contributed by atoms with Gasteiger partial charge in [-0.25, -0.2) is 4.39 Å². The Hall–Kier alpha value is -1.06. The summed E-state index contributed by atoms with van der Waals surface area (Å²) < 4.78 is 13.4. The van der Waals surface area contributed by atoms with Crippen LogP contribution >= 0.6 is 0 Å². The number of carbonyl (C=O) groups is 1. The Labute approximate surface area is 231 Å². The molecule has 1 atom stereocenters. The van der Waals surface area contributed by atoms with Gasteiger partial charge in [-0.2, -0.15) is 0 Å². The van der Waals surface area contributed by atoms with Gasteiger partial charge < -0.3 is 20.2 Å². The molecule has 4 rings (SSSR count). The van der Waals surface area contributed by atoms with Crippen LogP contribution < -0.4 is 61.8 Å². The topological polar surface area (TPSA) is 71.2 Å². The van der Waals surface area contributed by atoms with Gasteiger partial charge in [-0.3, -0.25) is 4.90 Å². The van der Waals surface area contributed by atoms with E-state index < -0.39 is 12.0 Å². The zero-order valence-corrected chi connectivity index (χ0v) is 22.2. The molecule has 5 nitrogen and oxygen atoms in total. The van der Waals surface area contributed by atoms with Crippen molar-refractivity contribution in [3.05, 3.63) is 71.7 Å². The number of H-pyrrole nitrogens is 1. The average molecular weight is 462 g/mol. The van der Waals surface area contributed by atoms with E-state index in [1.54, 1.807) is 12.3 Å². The van der Waals surface area contributed by atoms with E-state index in [4.69, 9.17) is 0 Å². The number of carboxylic acids is 1. The Balaban J connectivity index is 0.00000289. The standard InChI is InChI=1S/C25H30FN3O2.K/c1-29(2)25(18-6-4-3-5-7-18)12-10-20(11-13-25)28-23(24(30)31)14-17-16-27-22-15-19(26)8-9-21(17)22;/h3-9,15-16,20,23,27-28H,10-14H2,1-2H3,(H,30,31);/q;+1/p-1. The van der Waals surface area contributed by atoms with E-state index in [-0.39, 0.29) is 68.8 Å². The Bertz CT molecular complexity index is 1050. The molecule has 1 aliphatic carbocycles. The number of carbonyl (C=O) groups excluding carboxylic acids is 1. The van der Waals surface area contributed by atoms with Gasteiger partial charge in [0.2, 0.25) is 0 Å². The van der Waals surface area contributed by atoms with Crippen molar-refractivity contribution in [3.8, 4) is 0 Å². The number of hydrogen-bond acceptors (Lipinski definition) is 4. The maximum absolute atomic E-state index is 13.4. The fourth-order valence-electron chi connectivity index (χ4n) is 5.05. The van der Waals surface area contributed by atoms with Gasteiger partial charge in [0.05, 0.1) is 12.0 Å². The number of nitrogens with zero attached hydrogens (tertiary/aromatic N) is 1. The molecule has 0 saturated heterocycles. The van der Waals surface area contributed by atoms with Crippen LogP contribution in [0.2, 0.25) is 0 Å². The van der Waals surface area contributed by atoms with E-state index >= 15 is 0 Å². The summed E-state index contributed by atoms with van der Waals surface area (Å²) in [5, 5.41) is 16.1. The van der Waals surface area contributed by atoms with E-state index in [0.29, 0.717) is 11.9 Å². The molecule has 0 radical (unpaired) electrons. The second kappa shape index (κ2) is 10.9. The van der Waals surface area contributed by atoms with Gasteiger partial charge in [0.25, 0.3) is 0 Å². The smallest absolute Gasteiger partial charge is 0.548 e. The first-order valence-corrected chi connectivity index (χ1v) is 10.8. The summed E-state index contributed by atoms with van der Waals surface area (Å²) in [5.74, 6) is -1.43. The molecule has 0 aliphatic heterocycles. The Morgan fingerprint density at radius 1 is 1.22 bits per heavy atom. The molecule has 32 heavy (non-hydrogen) atoms. The number of halogens is 1. The van der Waals surface area contributed by atoms with Crippen LogP contribution in [0.25, 0.3) is 10.9 Å². The quantitative estimate of drug-likeness (QED) is 0.485. The van der Waals surface area contributed by atoms with E-state index in [1.165, 1.54) is 17.7 Å². The van der Waals surface area contributed by atoms with Gasteiger partial charge in [-0.1, -0.05) is 30.3 Å². The first-order valence-electron chi connectivity index (χ1n) is 10.8. The van der Waals surface area contributed by atoms with Gasteiger partial charge in [0.1, 0.15) is 5.82 Å². The van der Waals surface area contributed by atoms with Gasteiger partial charge in [-0.15, -0.1) is 0 Å². The maximum atomic E-state index is 13.4. The first kappa shape index (κ1) is 25.6. The van der Waals surface area contributed by atoms with E-state index in [0.717, 1.165) is 36.6 Å². The summed E-state index contributed by atoms with van der Waals surface area (Å²) in [5.41, 5.74) is 2.79. The molecule has 1 heterocycles. The van der Waals surface area contributed by atoms with Crippen molar-refractivity contribution in [3.63, 3.8) is 0 Å². The molecule has 0 spiro atoms. The fraction of sp³-hybridized carbons (Fsp3) is 0.400. The fourth-order valence-corrected chi connectivity index (χ4v) is 5.05. The maximum Gasteiger partial charge on any atom is 1.00 e. The zero-order chi connectivity index (χ0) is 22.0. The van der Waals surface area contributed by atoms with Crippen LogP contribution in [-0.2, 0) is 16.8 Å². The SMILES string of the molecule is CN(C)C1(c2ccccc2)CCC(NC(Cc2c[nH]c3cc(F)ccc23)C(=O)[O-])CC1.[K+]. The largest absolute Gasteiger partial charge is 1.00 e. The van der Waals surface area contributed by atoms with Crippen LogP contribution in [0.3, 0.4) is 0 Å². The Morgan fingerprint density at radius 3 is 2.53 bits per heavy atom. The summed E-state index contributed by atoms with van der Waals surface area (Å²) in [6, 6.07) is 14.4. The number of carboxylic acid groups (broad SMARTS) is 1. The second-order valence-corrected chi connectivity index (χ2v) is 8.81. The number of fused-ring (bicyclic) bond motifs is 1. The third-order valence-corrected chi connectivity index (χ3v) is 6.85. The minimum atomic E-state index is -1.11. The first-order chi connectivity index (χ1) is 14.9. The van der Waals surface area contributed by atoms with Crippen molar-refractivity contribution in [1.82, 2.24) is 15.2 Å². The molecule has 164 valence electrons. The predicted octanol–water partition coefficient (Wildman–Crippen LogP) is -0.0387. The molecule has 2 aromatic carbocycles. The Morgan fingerprint density at radius 2 is 1.91 bits per heavy atom. The van der Waals surface area contributed by atoms with E-state index in [2.05, 4.69) is 53.6 Å². The van der Waals surface area contributed by atoms with Crippen molar-refractivity contribution in [1.29, 1.82) is 0 Å². The Kier molecular flexibility index (Phi) is 8.71. The summed E-state index contributed by atoms with van der Waals surface area (Å²) in [6.45, 7) is 0. The third-order valence-electron chi connectivity index (χ3n) is 6.85. The van der Waals surface area contributed by atoms with Crippen LogP contribution in [0.4, 0.5) is 4.39 Å². The van der Waals surface area contributed by atoms with Crippen LogP contribution in [0.1, 0.15) is 36.8 Å². The number of aromatic amines is 1. The molecular weight excluding hydrogens is 432 g/mol. The van der Waals surface area contributed by atoms with Crippen molar-refractivity contribution < 1.29 is 65.7 Å². The number of hydrogen-bond donors (Lipinski definition) is 2. The minimum Gasteiger partial charge on any atom is -0.548 e. The van der Waals surface area contributed by atoms with Crippen LogP contribution in [0, 0.1) is 5.82 Å². The molecule has 1 unspecified atom stereocenters. The summed E-state index contributed by atoms with van der Waals surface area (Å²) in [6.07, 6.45) is 5.73. The van der Waals surface area contributed by atoms with Crippen molar-refractivity contribution >= 4 is 16.9 Å². The molecule has 3 aromatic rings. The molecule has 0 amide bonds. The van der Waals surface area contributed by atoms with Gasteiger partial charge in [0, 0.05) is 28.7 Å². The van der Waals surface area contributed by atoms with Crippen molar-refractivity contribution in [2.75, 3.05) is 14.1 Å². The van der Waals surface area contributed by atoms with Crippen LogP contribution in [-0.4, -0.2) is 42.0 Å². The number of benzene rings is 2. The molecule has 1 saturated carbocycles. The molecular formula is C25H29FKN3O2. The minimum absolute atomic E-state index is 0. The number of rotatable bonds is 7. The molecule has 0 bridgehead atoms. The summed E-state index contributed by atoms with van der Waals surface area (Å²) >= 11 is 0. The summed E-state index contributed by atoms with van der Waals surface area (Å²) in [4.78, 5) is 17.2. The van der Waals surface area contributed by atoms with Gasteiger partial charge >= 0.3 is 51.4 Å². The normalized spacial score (nSPS) is 21.9. The molecule has 1 fully saturated rings. The van der Waals surface area contributed by atoms with Crippen LogP contribution in [0.15, 0.2) is 54.7 Å². The van der Waals surface area contributed by atoms with Gasteiger partial charge in [0.15, 0.2) is 0 Å². The molecule has 2 N–H and O–H groups in total. The average Bonchev–Trinajstić information content (AvgIpc) is 3.16. The number of aromatic nitrogens is 1. The van der Waals surface area contributed by atoms with E-state index in [9.17, 15) is 14.3 Å². The van der Waals surface area contributed by atoms with Crippen molar-refractivity contribution in [2.24, 2.45) is 0 Å². The van der Waals surface area contributed by atoms with E-state index in [1.807, 2.05) is 6.07 Å². The molecule has 1 aromatic heterocycles. The third kappa shape index (κ3) is 5.36. The monoisotopic (exact) mass is 461 g/mol. The summed E-state index contributed by atoms with van der Waals surface area (Å²) in [7, 11) is 4.23. The number of nitrogens with one attached hydrogen (secondary N) is 2. The van der Waals surface area contributed by atoms with Gasteiger partial charge in [-0.05, 0) is 75.5 Å². The second-order valence-electron chi connectivity index (χ2n) is 8.81. The predicted molar refractivity (Wildman–Crippen MR) is 118 cm³/mol. The molecule has 1 aliphatic rings. The zero-order valence-electron chi connectivity index (χ0n) is 19.0. The van der Waals surface area contributed by atoms with Crippen LogP contribution in [0.5, 0.6) is 0 Å². The van der Waals surface area contributed by atoms with Crippen molar-refractivity contribution in [2.45, 2.75) is 49.7 Å². The molecule has 7 heteroatoms. The number of aliphatic carboxylic acids is 1.